The van der Waals surface area contributed by atoms with Crippen LogP contribution in [0.1, 0.15) is 32.7 Å². The lowest BCUT2D eigenvalue weighted by Crippen LogP contribution is -2.06. The fourth-order valence-corrected chi connectivity index (χ4v) is 1.64. The Labute approximate surface area is 93.1 Å². The van der Waals surface area contributed by atoms with E-state index < -0.39 is 0 Å². The van der Waals surface area contributed by atoms with Crippen LogP contribution in [0.5, 0.6) is 0 Å². The molecule has 2 heterocycles. The van der Waals surface area contributed by atoms with Gasteiger partial charge in [0.1, 0.15) is 6.33 Å². The Morgan fingerprint density at radius 1 is 1.38 bits per heavy atom. The molecule has 0 saturated heterocycles. The first-order chi connectivity index (χ1) is 7.75. The van der Waals surface area contributed by atoms with Crippen molar-refractivity contribution in [2.45, 2.75) is 38.8 Å². The van der Waals surface area contributed by atoms with Crippen LogP contribution in [-0.2, 0) is 0 Å². The fourth-order valence-electron chi connectivity index (χ4n) is 1.64. The molecule has 2 aromatic heterocycles. The average Bonchev–Trinajstić information content (AvgIpc) is 2.95. The molecular formula is C10H14N6. The highest BCUT2D eigenvalue weighted by Gasteiger charge is 2.23. The van der Waals surface area contributed by atoms with E-state index in [9.17, 15) is 0 Å². The summed E-state index contributed by atoms with van der Waals surface area (Å²) in [7, 11) is 0. The summed E-state index contributed by atoms with van der Waals surface area (Å²) in [6.45, 7) is 4.12. The topological polar surface area (TPSA) is 68.5 Å². The standard InChI is InChI=1S/C10H14N6/c1-6(2)16-10-8(14-15-16)9(11-5-12-10)13-7-3-4-7/h5-7H,3-4H2,1-2H3,(H,11,12,13). The summed E-state index contributed by atoms with van der Waals surface area (Å²) >= 11 is 0. The molecule has 0 spiro atoms. The molecule has 2 aromatic rings. The fraction of sp³-hybridized carbons (Fsp3) is 0.600. The van der Waals surface area contributed by atoms with E-state index in [1.54, 1.807) is 6.33 Å². The molecule has 0 radical (unpaired) electrons. The van der Waals surface area contributed by atoms with Gasteiger partial charge in [0, 0.05) is 6.04 Å². The van der Waals surface area contributed by atoms with E-state index in [-0.39, 0.29) is 6.04 Å². The Hall–Kier alpha value is -1.72. The van der Waals surface area contributed by atoms with Gasteiger partial charge in [-0.25, -0.2) is 14.6 Å². The van der Waals surface area contributed by atoms with E-state index in [1.807, 2.05) is 4.68 Å². The van der Waals surface area contributed by atoms with Gasteiger partial charge in [0.2, 0.25) is 0 Å². The third kappa shape index (κ3) is 1.50. The normalized spacial score (nSPS) is 15.9. The van der Waals surface area contributed by atoms with Gasteiger partial charge < -0.3 is 5.32 Å². The first kappa shape index (κ1) is 9.50. The highest BCUT2D eigenvalue weighted by Crippen LogP contribution is 2.26. The van der Waals surface area contributed by atoms with E-state index in [0.717, 1.165) is 17.0 Å². The third-order valence-corrected chi connectivity index (χ3v) is 2.67. The molecule has 0 aromatic carbocycles. The van der Waals surface area contributed by atoms with Crippen LogP contribution in [0.2, 0.25) is 0 Å². The van der Waals surface area contributed by atoms with Crippen molar-refractivity contribution in [3.8, 4) is 0 Å². The Morgan fingerprint density at radius 3 is 2.88 bits per heavy atom. The predicted molar refractivity (Wildman–Crippen MR) is 60.1 cm³/mol. The second kappa shape index (κ2) is 3.40. The zero-order valence-electron chi connectivity index (χ0n) is 9.38. The maximum absolute atomic E-state index is 4.24. The van der Waals surface area contributed by atoms with E-state index >= 15 is 0 Å². The lowest BCUT2D eigenvalue weighted by Gasteiger charge is -2.05. The number of nitrogens with zero attached hydrogens (tertiary/aromatic N) is 5. The van der Waals surface area contributed by atoms with E-state index in [2.05, 4.69) is 39.4 Å². The summed E-state index contributed by atoms with van der Waals surface area (Å²) in [6, 6.07) is 0.816. The maximum Gasteiger partial charge on any atom is 0.184 e. The molecule has 0 aliphatic heterocycles. The first-order valence-electron chi connectivity index (χ1n) is 5.58. The largest absolute Gasteiger partial charge is 0.365 e. The molecule has 0 atom stereocenters. The number of aromatic nitrogens is 5. The lowest BCUT2D eigenvalue weighted by atomic mass is 10.4. The monoisotopic (exact) mass is 218 g/mol. The Morgan fingerprint density at radius 2 is 2.19 bits per heavy atom. The Kier molecular flexibility index (Phi) is 2.02. The molecule has 0 unspecified atom stereocenters. The molecule has 1 aliphatic rings. The van der Waals surface area contributed by atoms with Crippen molar-refractivity contribution in [1.82, 2.24) is 25.0 Å². The van der Waals surface area contributed by atoms with E-state index in [0.29, 0.717) is 6.04 Å². The van der Waals surface area contributed by atoms with Crippen molar-refractivity contribution >= 4 is 17.0 Å². The zero-order valence-corrected chi connectivity index (χ0v) is 9.38. The van der Waals surface area contributed by atoms with Crippen molar-refractivity contribution in [3.63, 3.8) is 0 Å². The van der Waals surface area contributed by atoms with Crippen molar-refractivity contribution in [2.75, 3.05) is 5.32 Å². The van der Waals surface area contributed by atoms with E-state index in [1.165, 1.54) is 12.8 Å². The Balaban J connectivity index is 2.08. The van der Waals surface area contributed by atoms with Gasteiger partial charge in [-0.05, 0) is 26.7 Å². The number of anilines is 1. The smallest absolute Gasteiger partial charge is 0.184 e. The molecule has 6 nitrogen and oxygen atoms in total. The van der Waals surface area contributed by atoms with Crippen LogP contribution in [0.15, 0.2) is 6.33 Å². The predicted octanol–water partition coefficient (Wildman–Crippen LogP) is 1.38. The third-order valence-electron chi connectivity index (χ3n) is 2.67. The minimum atomic E-state index is 0.258. The summed E-state index contributed by atoms with van der Waals surface area (Å²) in [4.78, 5) is 8.46. The van der Waals surface area contributed by atoms with Crippen molar-refractivity contribution in [1.29, 1.82) is 0 Å². The van der Waals surface area contributed by atoms with Crippen LogP contribution in [0.25, 0.3) is 11.2 Å². The molecule has 0 amide bonds. The molecule has 0 bridgehead atoms. The van der Waals surface area contributed by atoms with Crippen LogP contribution in [0, 0.1) is 0 Å². The maximum atomic E-state index is 4.24. The highest BCUT2D eigenvalue weighted by molar-refractivity contribution is 5.82. The van der Waals surface area contributed by atoms with E-state index in [4.69, 9.17) is 0 Å². The van der Waals surface area contributed by atoms with Crippen LogP contribution >= 0.6 is 0 Å². The molecule has 6 heteroatoms. The number of rotatable bonds is 3. The molecule has 1 fully saturated rings. The molecule has 84 valence electrons. The second-order valence-corrected chi connectivity index (χ2v) is 4.44. The summed E-state index contributed by atoms with van der Waals surface area (Å²) in [5.74, 6) is 0.805. The second-order valence-electron chi connectivity index (χ2n) is 4.44. The number of hydrogen-bond acceptors (Lipinski definition) is 5. The first-order valence-corrected chi connectivity index (χ1v) is 5.58. The molecular weight excluding hydrogens is 204 g/mol. The van der Waals surface area contributed by atoms with Crippen molar-refractivity contribution < 1.29 is 0 Å². The lowest BCUT2D eigenvalue weighted by molar-refractivity contribution is 0.526. The zero-order chi connectivity index (χ0) is 11.1. The van der Waals surface area contributed by atoms with Gasteiger partial charge in [-0.3, -0.25) is 0 Å². The SMILES string of the molecule is CC(C)n1nnc2c(NC3CC3)ncnc21. The number of nitrogens with one attached hydrogen (secondary N) is 1. The molecule has 3 rings (SSSR count). The molecule has 1 aliphatic carbocycles. The van der Waals surface area contributed by atoms with Gasteiger partial charge in [-0.15, -0.1) is 5.10 Å². The van der Waals surface area contributed by atoms with Gasteiger partial charge in [-0.2, -0.15) is 0 Å². The molecule has 1 saturated carbocycles. The van der Waals surface area contributed by atoms with Crippen molar-refractivity contribution in [3.05, 3.63) is 6.33 Å². The number of hydrogen-bond donors (Lipinski definition) is 1. The van der Waals surface area contributed by atoms with Gasteiger partial charge in [0.15, 0.2) is 17.0 Å². The Bertz CT molecular complexity index is 513. The molecule has 16 heavy (non-hydrogen) atoms. The van der Waals surface area contributed by atoms with Crippen LogP contribution in [0.4, 0.5) is 5.82 Å². The summed E-state index contributed by atoms with van der Waals surface area (Å²) in [6.07, 6.45) is 3.99. The number of fused-ring (bicyclic) bond motifs is 1. The van der Waals surface area contributed by atoms with Gasteiger partial charge >= 0.3 is 0 Å². The van der Waals surface area contributed by atoms with Crippen LogP contribution in [-0.4, -0.2) is 31.0 Å². The van der Waals surface area contributed by atoms with Gasteiger partial charge in [0.25, 0.3) is 0 Å². The van der Waals surface area contributed by atoms with Crippen molar-refractivity contribution in [2.24, 2.45) is 0 Å². The minimum Gasteiger partial charge on any atom is -0.365 e. The minimum absolute atomic E-state index is 0.258. The quantitative estimate of drug-likeness (QED) is 0.842. The average molecular weight is 218 g/mol. The summed E-state index contributed by atoms with van der Waals surface area (Å²) < 4.78 is 1.81. The summed E-state index contributed by atoms with van der Waals surface area (Å²) in [5.41, 5.74) is 1.57. The van der Waals surface area contributed by atoms with Gasteiger partial charge in [0.05, 0.1) is 6.04 Å². The summed E-state index contributed by atoms with van der Waals surface area (Å²) in [5, 5.41) is 11.6. The molecule has 1 N–H and O–H groups in total. The van der Waals surface area contributed by atoms with Crippen LogP contribution in [0.3, 0.4) is 0 Å². The van der Waals surface area contributed by atoms with Gasteiger partial charge in [-0.1, -0.05) is 5.21 Å². The highest BCUT2D eigenvalue weighted by atomic mass is 15.5. The van der Waals surface area contributed by atoms with Crippen LogP contribution < -0.4 is 5.32 Å².